The van der Waals surface area contributed by atoms with Crippen LogP contribution in [0.1, 0.15) is 29.7 Å². The van der Waals surface area contributed by atoms with E-state index in [1.54, 1.807) is 5.48 Å². The number of nitro groups is 3. The SMILES string of the molecule is CC(N)=NC(NC(=O)C(N=C(N)N)NC(=O)C(N=C(N)N)NC(=O)C(NC(=O)C(CO)N(Cc1cc([N+](=O)[O-])cc(NOO)c1O)c1c([N+](=O)[O-])cc(C#N)cc1[N+](=O)[O-])c1ccccc1)C(=O)NC(N=C(N)N)C(N)=O. The number of phenolic OH excluding ortho intramolecular Hbond substituents is 1. The predicted molar refractivity (Wildman–Crippen MR) is 263 cm³/mol. The van der Waals surface area contributed by atoms with Gasteiger partial charge >= 0.3 is 11.4 Å². The molecule has 0 saturated carbocycles. The maximum absolute atomic E-state index is 14.6. The molecule has 0 aliphatic rings. The summed E-state index contributed by atoms with van der Waals surface area (Å²) in [5, 5.41) is 88.0. The minimum absolute atomic E-state index is 0.159. The first kappa shape index (κ1) is 60.0. The number of nitrogens with two attached hydrogens (primary N) is 8. The summed E-state index contributed by atoms with van der Waals surface area (Å²) >= 11 is 0. The Balaban J connectivity index is 2.19. The van der Waals surface area contributed by atoms with Crippen molar-refractivity contribution in [2.24, 2.45) is 65.8 Å². The van der Waals surface area contributed by atoms with Crippen molar-refractivity contribution in [1.29, 1.82) is 5.26 Å². The van der Waals surface area contributed by atoms with Gasteiger partial charge in [0.2, 0.25) is 36.5 Å². The number of aliphatic hydroxyl groups excluding tert-OH is 1. The quantitative estimate of drug-likeness (QED) is 0.00887. The van der Waals surface area contributed by atoms with Gasteiger partial charge in [-0.2, -0.15) is 5.26 Å². The van der Waals surface area contributed by atoms with Crippen LogP contribution in [0.4, 0.5) is 28.4 Å². The highest BCUT2D eigenvalue weighted by atomic mass is 17.2. The maximum Gasteiger partial charge on any atom is 0.301 e. The molecular formula is C38H47N23O16. The van der Waals surface area contributed by atoms with Crippen LogP contribution in [0.15, 0.2) is 74.6 Å². The first-order valence-corrected chi connectivity index (χ1v) is 20.9. The number of nitrogens with zero attached hydrogens (tertiary/aromatic N) is 9. The van der Waals surface area contributed by atoms with Crippen molar-refractivity contribution in [1.82, 2.24) is 26.6 Å². The number of guanidine groups is 3. The Morgan fingerprint density at radius 2 is 1.16 bits per heavy atom. The number of nitrogens with one attached hydrogen (secondary N) is 6. The molecule has 39 nitrogen and oxygen atoms in total. The third-order valence-corrected chi connectivity index (χ3v) is 9.59. The molecule has 0 aliphatic heterocycles. The topological polar surface area (TPSA) is 659 Å². The smallest absolute Gasteiger partial charge is 0.301 e. The number of benzene rings is 3. The Hall–Kier alpha value is -11.3. The van der Waals surface area contributed by atoms with E-state index in [0.29, 0.717) is 29.2 Å². The lowest BCUT2D eigenvalue weighted by Gasteiger charge is -2.32. The van der Waals surface area contributed by atoms with Crippen molar-refractivity contribution < 1.29 is 64.0 Å². The zero-order valence-corrected chi connectivity index (χ0v) is 39.4. The highest BCUT2D eigenvalue weighted by Gasteiger charge is 2.40. The maximum atomic E-state index is 14.6. The number of aliphatic hydroxyl groups is 1. The summed E-state index contributed by atoms with van der Waals surface area (Å²) < 4.78 is 0. The molecule has 6 atom stereocenters. The number of rotatable bonds is 26. The van der Waals surface area contributed by atoms with Gasteiger partial charge in [-0.25, -0.2) is 30.7 Å². The van der Waals surface area contributed by atoms with Crippen molar-refractivity contribution in [3.63, 3.8) is 0 Å². The van der Waals surface area contributed by atoms with Crippen LogP contribution >= 0.6 is 0 Å². The van der Waals surface area contributed by atoms with Gasteiger partial charge in [0.1, 0.15) is 23.5 Å². The fourth-order valence-corrected chi connectivity index (χ4v) is 6.45. The fraction of sp³-hybridized carbons (Fsp3) is 0.237. The van der Waals surface area contributed by atoms with E-state index in [1.807, 2.05) is 16.0 Å². The lowest BCUT2D eigenvalue weighted by atomic mass is 10.0. The van der Waals surface area contributed by atoms with Crippen LogP contribution in [0.5, 0.6) is 5.75 Å². The van der Waals surface area contributed by atoms with Gasteiger partial charge in [-0.15, -0.1) is 4.99 Å². The molecule has 0 aromatic heterocycles. The summed E-state index contributed by atoms with van der Waals surface area (Å²) in [5.41, 5.74) is 38.5. The van der Waals surface area contributed by atoms with Crippen molar-refractivity contribution in [2.45, 2.75) is 50.2 Å². The van der Waals surface area contributed by atoms with Gasteiger partial charge in [0.05, 0.1) is 38.8 Å². The highest BCUT2D eigenvalue weighted by molar-refractivity contribution is 5.99. The Morgan fingerprint density at radius 3 is 1.57 bits per heavy atom. The number of amides is 6. The Kier molecular flexibility index (Phi) is 21.0. The first-order valence-electron chi connectivity index (χ1n) is 20.9. The average molecular weight is 1080 g/mol. The second-order valence-corrected chi connectivity index (χ2v) is 15.1. The molecule has 0 radical (unpaired) electrons. The van der Waals surface area contributed by atoms with E-state index in [2.05, 4.69) is 35.6 Å². The third kappa shape index (κ3) is 16.6. The molecule has 0 heterocycles. The molecule has 39 heteroatoms. The van der Waals surface area contributed by atoms with Gasteiger partial charge in [0, 0.05) is 36.4 Å². The van der Waals surface area contributed by atoms with Crippen LogP contribution in [0.25, 0.3) is 0 Å². The summed E-state index contributed by atoms with van der Waals surface area (Å²) in [6.45, 7) is -1.53. The number of aromatic hydroxyl groups is 1. The number of hydrogen-bond acceptors (Lipinski definition) is 23. The van der Waals surface area contributed by atoms with Crippen molar-refractivity contribution >= 4 is 87.6 Å². The molecular weight excluding hydrogens is 1030 g/mol. The second-order valence-electron chi connectivity index (χ2n) is 15.1. The Bertz CT molecular complexity index is 2920. The summed E-state index contributed by atoms with van der Waals surface area (Å²) in [5.74, 6) is -12.5. The Labute approximate surface area is 429 Å². The molecule has 6 unspecified atom stereocenters. The summed E-state index contributed by atoms with van der Waals surface area (Å²) in [4.78, 5) is 134. The van der Waals surface area contributed by atoms with E-state index in [-0.39, 0.29) is 11.4 Å². The minimum atomic E-state index is -2.37. The number of amidine groups is 1. The zero-order valence-electron chi connectivity index (χ0n) is 39.4. The van der Waals surface area contributed by atoms with Gasteiger partial charge in [-0.05, 0) is 12.5 Å². The Morgan fingerprint density at radius 1 is 0.688 bits per heavy atom. The van der Waals surface area contributed by atoms with E-state index in [9.17, 15) is 74.6 Å². The molecule has 77 heavy (non-hydrogen) atoms. The number of nitriles is 1. The van der Waals surface area contributed by atoms with E-state index >= 15 is 0 Å². The van der Waals surface area contributed by atoms with Crippen LogP contribution in [-0.2, 0) is 40.3 Å². The monoisotopic (exact) mass is 1080 g/mol. The van der Waals surface area contributed by atoms with Gasteiger partial charge in [0.25, 0.3) is 29.3 Å². The van der Waals surface area contributed by atoms with Crippen LogP contribution in [-0.4, -0.2) is 127 Å². The summed E-state index contributed by atoms with van der Waals surface area (Å²) in [6, 6.07) is 5.97. The van der Waals surface area contributed by atoms with Crippen LogP contribution in [0, 0.1) is 41.7 Å². The number of phenols is 1. The largest absolute Gasteiger partial charge is 0.505 e. The molecule has 0 bridgehead atoms. The molecule has 0 saturated heterocycles. The van der Waals surface area contributed by atoms with Crippen LogP contribution in [0.3, 0.4) is 0 Å². The molecule has 0 spiro atoms. The van der Waals surface area contributed by atoms with Gasteiger partial charge in [-0.1, -0.05) is 30.3 Å². The zero-order chi connectivity index (χ0) is 58.0. The summed E-state index contributed by atoms with van der Waals surface area (Å²) in [7, 11) is 0. The molecule has 0 fully saturated rings. The lowest BCUT2D eigenvalue weighted by molar-refractivity contribution is -0.392. The molecule has 3 rings (SSSR count). The standard InChI is InChI=1S/C38H47N23O16/c1-14(40)48-28(33(67)50-27(26(41)64)54-36(42)43)52-35(69)30(56-38(46)47)53-34(68)29(55-37(44)45)51-32(66)23(16-5-3-2-4-6-16)49-31(65)22(13-62)58(12-17-9-18(59(70)71)10-19(25(17)63)57-77-76)24-20(60(72)73)7-15(11-39)8-21(24)61(74)75/h2-10,22-23,27-30,57,62-63,76H,12-13H2,1H3,(H2,40,48)(H2,41,64)(H,49,65)(H,50,67)(H,51,66)(H,52,69)(H,53,68)(H4,42,43,54)(H4,44,45,55)(H4,46,47,56). The molecule has 6 amide bonds. The number of carbonyl (C=O) groups excluding carboxylic acids is 6. The number of carbonyl (C=O) groups is 6. The summed E-state index contributed by atoms with van der Waals surface area (Å²) in [6.07, 6.45) is -8.59. The van der Waals surface area contributed by atoms with Gasteiger partial charge in [0.15, 0.2) is 23.6 Å². The number of hydrogen-bond donors (Lipinski definition) is 17. The van der Waals surface area contributed by atoms with Gasteiger partial charge in [-0.3, -0.25) is 59.1 Å². The number of non-ortho nitro benzene ring substituents is 1. The van der Waals surface area contributed by atoms with E-state index in [4.69, 9.17) is 51.1 Å². The van der Waals surface area contributed by atoms with Crippen molar-refractivity contribution in [3.8, 4) is 11.8 Å². The highest BCUT2D eigenvalue weighted by Crippen LogP contribution is 2.42. The van der Waals surface area contributed by atoms with E-state index < -0.39 is 163 Å². The molecule has 3 aromatic rings. The molecule has 3 aromatic carbocycles. The van der Waals surface area contributed by atoms with Crippen molar-refractivity contribution in [2.75, 3.05) is 17.0 Å². The third-order valence-electron chi connectivity index (χ3n) is 9.59. The molecule has 410 valence electrons. The molecule has 25 N–H and O–H groups in total. The predicted octanol–water partition coefficient (Wildman–Crippen LogP) is -6.52. The van der Waals surface area contributed by atoms with Crippen LogP contribution < -0.4 is 82.8 Å². The minimum Gasteiger partial charge on any atom is -0.505 e. The average Bonchev–Trinajstić information content (AvgIpc) is 3.35. The van der Waals surface area contributed by atoms with E-state index in [1.165, 1.54) is 43.3 Å². The fourth-order valence-electron chi connectivity index (χ4n) is 6.45. The van der Waals surface area contributed by atoms with Crippen molar-refractivity contribution in [3.05, 3.63) is 102 Å². The number of nitro benzene ring substituents is 3. The lowest BCUT2D eigenvalue weighted by Crippen LogP contribution is -2.58. The van der Waals surface area contributed by atoms with Gasteiger partial charge < -0.3 is 87.6 Å². The van der Waals surface area contributed by atoms with Crippen LogP contribution in [0.2, 0.25) is 0 Å². The second kappa shape index (κ2) is 27.0. The first-order chi connectivity index (χ1) is 36.1. The number of anilines is 2. The number of aliphatic imine (C=N–C) groups is 4. The number of primary amides is 1. The normalized spacial score (nSPS) is 13.1. The molecule has 0 aliphatic carbocycles. The van der Waals surface area contributed by atoms with E-state index in [0.717, 1.165) is 0 Å².